The third kappa shape index (κ3) is 2.94. The van der Waals surface area contributed by atoms with Crippen molar-refractivity contribution in [2.75, 3.05) is 19.6 Å². The zero-order valence-corrected chi connectivity index (χ0v) is 11.5. The van der Waals surface area contributed by atoms with Gasteiger partial charge in [0.15, 0.2) is 0 Å². The second-order valence-electron chi connectivity index (χ2n) is 4.55. The van der Waals surface area contributed by atoms with Gasteiger partial charge in [0.25, 0.3) is 0 Å². The molecule has 9 heteroatoms. The molecule has 0 saturated carbocycles. The lowest BCUT2D eigenvalue weighted by Crippen LogP contribution is -2.52. The Bertz CT molecular complexity index is 572. The minimum atomic E-state index is -4.58. The molecule has 1 aromatic rings. The highest BCUT2D eigenvalue weighted by Crippen LogP contribution is 2.28. The van der Waals surface area contributed by atoms with Crippen LogP contribution >= 0.6 is 0 Å². The summed E-state index contributed by atoms with van der Waals surface area (Å²) in [5, 5.41) is 3.05. The third-order valence-corrected chi connectivity index (χ3v) is 5.07. The first-order valence-electron chi connectivity index (χ1n) is 5.99. The van der Waals surface area contributed by atoms with Gasteiger partial charge in [0.05, 0.1) is 0 Å². The van der Waals surface area contributed by atoms with Crippen molar-refractivity contribution in [1.82, 2.24) is 14.6 Å². The summed E-state index contributed by atoms with van der Waals surface area (Å²) in [4.78, 5) is 2.97. The fourth-order valence-electron chi connectivity index (χ4n) is 2.02. The summed E-state index contributed by atoms with van der Waals surface area (Å²) in [5.41, 5.74) is -1.11. The SMILES string of the molecule is CC1CNCCN1S(=O)(=O)c1ccc(C(F)(F)F)nc1. The highest BCUT2D eigenvalue weighted by Gasteiger charge is 2.34. The standard InChI is InChI=1S/C11H14F3N3O2S/c1-8-6-15-4-5-17(8)20(18,19)9-2-3-10(16-7-9)11(12,13)14/h2-3,7-8,15H,4-6H2,1H3. The van der Waals surface area contributed by atoms with Crippen LogP contribution < -0.4 is 5.32 Å². The Kier molecular flexibility index (Phi) is 4.03. The zero-order chi connectivity index (χ0) is 15.0. The molecule has 1 atom stereocenters. The van der Waals surface area contributed by atoms with Gasteiger partial charge in [-0.1, -0.05) is 0 Å². The van der Waals surface area contributed by atoms with E-state index >= 15 is 0 Å². The van der Waals surface area contributed by atoms with E-state index in [2.05, 4.69) is 10.3 Å². The molecule has 0 aliphatic carbocycles. The number of sulfonamides is 1. The van der Waals surface area contributed by atoms with Crippen LogP contribution in [-0.4, -0.2) is 43.4 Å². The molecule has 1 unspecified atom stereocenters. The van der Waals surface area contributed by atoms with Crippen LogP contribution in [-0.2, 0) is 16.2 Å². The molecule has 0 amide bonds. The van der Waals surface area contributed by atoms with Crippen molar-refractivity contribution in [3.05, 3.63) is 24.0 Å². The fourth-order valence-corrected chi connectivity index (χ4v) is 3.59. The molecule has 1 fully saturated rings. The molecule has 0 aromatic carbocycles. The van der Waals surface area contributed by atoms with Gasteiger partial charge < -0.3 is 5.32 Å². The second kappa shape index (κ2) is 5.30. The normalized spacial score (nSPS) is 21.9. The number of halogens is 3. The minimum Gasteiger partial charge on any atom is -0.314 e. The maximum absolute atomic E-state index is 12.4. The molecule has 112 valence electrons. The highest BCUT2D eigenvalue weighted by atomic mass is 32.2. The maximum Gasteiger partial charge on any atom is 0.433 e. The van der Waals surface area contributed by atoms with Crippen molar-refractivity contribution in [1.29, 1.82) is 0 Å². The topological polar surface area (TPSA) is 62.3 Å². The Morgan fingerprint density at radius 1 is 1.40 bits per heavy atom. The van der Waals surface area contributed by atoms with Crippen LogP contribution in [0.15, 0.2) is 23.2 Å². The summed E-state index contributed by atoms with van der Waals surface area (Å²) < 4.78 is 63.1. The van der Waals surface area contributed by atoms with Crippen LogP contribution in [0.25, 0.3) is 0 Å². The van der Waals surface area contributed by atoms with Crippen molar-refractivity contribution in [3.63, 3.8) is 0 Å². The summed E-state index contributed by atoms with van der Waals surface area (Å²) in [7, 11) is -3.81. The van der Waals surface area contributed by atoms with Gasteiger partial charge in [-0.3, -0.25) is 4.98 Å². The molecule has 5 nitrogen and oxygen atoms in total. The van der Waals surface area contributed by atoms with Crippen molar-refractivity contribution in [2.45, 2.75) is 24.0 Å². The molecular formula is C11H14F3N3O2S. The Hall–Kier alpha value is -1.19. The first kappa shape index (κ1) is 15.2. The van der Waals surface area contributed by atoms with E-state index in [4.69, 9.17) is 0 Å². The number of nitrogens with one attached hydrogen (secondary N) is 1. The third-order valence-electron chi connectivity index (χ3n) is 3.07. The number of aromatic nitrogens is 1. The van der Waals surface area contributed by atoms with Gasteiger partial charge in [-0.05, 0) is 19.1 Å². The summed E-state index contributed by atoms with van der Waals surface area (Å²) in [5.74, 6) is 0. The molecule has 1 aliphatic heterocycles. The average Bonchev–Trinajstić information content (AvgIpc) is 2.38. The van der Waals surface area contributed by atoms with Crippen molar-refractivity contribution >= 4 is 10.0 Å². The summed E-state index contributed by atoms with van der Waals surface area (Å²) in [6, 6.07) is 1.37. The molecule has 20 heavy (non-hydrogen) atoms. The van der Waals surface area contributed by atoms with E-state index in [9.17, 15) is 21.6 Å². The predicted octanol–water partition coefficient (Wildman–Crippen LogP) is 1.08. The summed E-state index contributed by atoms with van der Waals surface area (Å²) >= 11 is 0. The number of piperazine rings is 1. The lowest BCUT2D eigenvalue weighted by molar-refractivity contribution is -0.141. The predicted molar refractivity (Wildman–Crippen MR) is 65.5 cm³/mol. The first-order chi connectivity index (χ1) is 9.23. The van der Waals surface area contributed by atoms with Crippen LogP contribution in [0, 0.1) is 0 Å². The zero-order valence-electron chi connectivity index (χ0n) is 10.7. The van der Waals surface area contributed by atoms with E-state index in [1.54, 1.807) is 6.92 Å². The number of hydrogen-bond acceptors (Lipinski definition) is 4. The number of rotatable bonds is 2. The number of hydrogen-bond donors (Lipinski definition) is 1. The first-order valence-corrected chi connectivity index (χ1v) is 7.43. The second-order valence-corrected chi connectivity index (χ2v) is 6.44. The van der Waals surface area contributed by atoms with Crippen LogP contribution in [0.5, 0.6) is 0 Å². The van der Waals surface area contributed by atoms with Gasteiger partial charge in [0.1, 0.15) is 10.6 Å². The number of alkyl halides is 3. The molecule has 1 saturated heterocycles. The van der Waals surface area contributed by atoms with E-state index in [0.29, 0.717) is 19.2 Å². The van der Waals surface area contributed by atoms with E-state index in [1.165, 1.54) is 4.31 Å². The smallest absolute Gasteiger partial charge is 0.314 e. The molecular weight excluding hydrogens is 295 g/mol. The Balaban J connectivity index is 2.30. The summed E-state index contributed by atoms with van der Waals surface area (Å²) in [6.45, 7) is 3.04. The Morgan fingerprint density at radius 2 is 2.10 bits per heavy atom. The lowest BCUT2D eigenvalue weighted by atomic mass is 10.3. The van der Waals surface area contributed by atoms with E-state index in [0.717, 1.165) is 12.3 Å². The molecule has 2 heterocycles. The van der Waals surface area contributed by atoms with Crippen molar-refractivity contribution < 1.29 is 21.6 Å². The van der Waals surface area contributed by atoms with Crippen LogP contribution in [0.3, 0.4) is 0 Å². The molecule has 1 aromatic heterocycles. The van der Waals surface area contributed by atoms with Gasteiger partial charge in [0.2, 0.25) is 10.0 Å². The van der Waals surface area contributed by atoms with Gasteiger partial charge in [0, 0.05) is 31.9 Å². The van der Waals surface area contributed by atoms with Gasteiger partial charge >= 0.3 is 6.18 Å². The van der Waals surface area contributed by atoms with Crippen LogP contribution in [0.4, 0.5) is 13.2 Å². The summed E-state index contributed by atoms with van der Waals surface area (Å²) in [6.07, 6.45) is -3.82. The molecule has 1 N–H and O–H groups in total. The van der Waals surface area contributed by atoms with Crippen LogP contribution in [0.1, 0.15) is 12.6 Å². The van der Waals surface area contributed by atoms with E-state index < -0.39 is 21.9 Å². The molecule has 1 aliphatic rings. The monoisotopic (exact) mass is 309 g/mol. The van der Waals surface area contributed by atoms with E-state index in [1.807, 2.05) is 0 Å². The average molecular weight is 309 g/mol. The highest BCUT2D eigenvalue weighted by molar-refractivity contribution is 7.89. The Morgan fingerprint density at radius 3 is 2.60 bits per heavy atom. The lowest BCUT2D eigenvalue weighted by Gasteiger charge is -2.32. The van der Waals surface area contributed by atoms with Gasteiger partial charge in [-0.2, -0.15) is 17.5 Å². The quantitative estimate of drug-likeness (QED) is 0.888. The number of pyridine rings is 1. The number of nitrogens with zero attached hydrogens (tertiary/aromatic N) is 2. The molecule has 2 rings (SSSR count). The van der Waals surface area contributed by atoms with Crippen molar-refractivity contribution in [2.24, 2.45) is 0 Å². The van der Waals surface area contributed by atoms with Crippen molar-refractivity contribution in [3.8, 4) is 0 Å². The van der Waals surface area contributed by atoms with E-state index in [-0.39, 0.29) is 17.5 Å². The molecule has 0 spiro atoms. The molecule has 0 bridgehead atoms. The maximum atomic E-state index is 12.4. The molecule has 0 radical (unpaired) electrons. The fraction of sp³-hybridized carbons (Fsp3) is 0.545. The minimum absolute atomic E-state index is 0.223. The largest absolute Gasteiger partial charge is 0.433 e. The Labute approximate surface area is 114 Å². The van der Waals surface area contributed by atoms with Crippen LogP contribution in [0.2, 0.25) is 0 Å². The van der Waals surface area contributed by atoms with Gasteiger partial charge in [-0.15, -0.1) is 0 Å². The van der Waals surface area contributed by atoms with Gasteiger partial charge in [-0.25, -0.2) is 8.42 Å².